The monoisotopic (exact) mass is 324 g/mol. The van der Waals surface area contributed by atoms with Crippen LogP contribution >= 0.6 is 0 Å². The number of aromatic nitrogens is 2. The lowest BCUT2D eigenvalue weighted by molar-refractivity contribution is 0.0984. The quantitative estimate of drug-likeness (QED) is 0.919. The van der Waals surface area contributed by atoms with Crippen molar-refractivity contribution in [3.63, 3.8) is 0 Å². The smallest absolute Gasteiger partial charge is 0.161 e. The van der Waals surface area contributed by atoms with E-state index in [1.807, 2.05) is 0 Å². The molecule has 2 aliphatic rings. The van der Waals surface area contributed by atoms with Crippen molar-refractivity contribution in [2.45, 2.75) is 32.9 Å². The molecule has 2 aromatic rings. The molecule has 126 valence electrons. The second-order valence-corrected chi connectivity index (χ2v) is 6.71. The molecule has 0 bridgehead atoms. The van der Waals surface area contributed by atoms with Crippen LogP contribution in [0.4, 0.5) is 5.82 Å². The zero-order chi connectivity index (χ0) is 16.5. The van der Waals surface area contributed by atoms with Crippen molar-refractivity contribution in [3.8, 4) is 11.4 Å². The zero-order valence-electron chi connectivity index (χ0n) is 14.4. The van der Waals surface area contributed by atoms with Crippen molar-refractivity contribution < 1.29 is 4.74 Å². The number of aryl methyl sites for hydroxylation is 1. The van der Waals surface area contributed by atoms with Gasteiger partial charge in [-0.1, -0.05) is 29.8 Å². The molecule has 5 nitrogen and oxygen atoms in total. The number of rotatable bonds is 2. The van der Waals surface area contributed by atoms with Gasteiger partial charge in [0.15, 0.2) is 5.82 Å². The Bertz CT molecular complexity index is 729. The van der Waals surface area contributed by atoms with Crippen LogP contribution in [0.5, 0.6) is 0 Å². The predicted molar refractivity (Wildman–Crippen MR) is 95.2 cm³/mol. The summed E-state index contributed by atoms with van der Waals surface area (Å²) in [5.74, 6) is 1.93. The van der Waals surface area contributed by atoms with Gasteiger partial charge in [0.05, 0.1) is 24.9 Å². The Labute approximate surface area is 143 Å². The van der Waals surface area contributed by atoms with Crippen LogP contribution in [0.3, 0.4) is 0 Å². The molecule has 0 amide bonds. The van der Waals surface area contributed by atoms with Gasteiger partial charge in [-0.2, -0.15) is 0 Å². The van der Waals surface area contributed by atoms with Crippen molar-refractivity contribution in [1.29, 1.82) is 0 Å². The lowest BCUT2D eigenvalue weighted by atomic mass is 10.0. The Morgan fingerprint density at radius 3 is 2.83 bits per heavy atom. The summed E-state index contributed by atoms with van der Waals surface area (Å²) in [6.07, 6.45) is 0.989. The number of fused-ring (bicyclic) bond motifs is 1. The van der Waals surface area contributed by atoms with Gasteiger partial charge in [-0.3, -0.25) is 0 Å². The Morgan fingerprint density at radius 1 is 1.21 bits per heavy atom. The average molecular weight is 324 g/mol. The maximum absolute atomic E-state index is 5.61. The topological polar surface area (TPSA) is 50.3 Å². The predicted octanol–water partition coefficient (Wildman–Crippen LogP) is 2.32. The number of morpholine rings is 1. The van der Waals surface area contributed by atoms with E-state index < -0.39 is 0 Å². The Morgan fingerprint density at radius 2 is 2.04 bits per heavy atom. The van der Waals surface area contributed by atoms with Crippen LogP contribution in [0.2, 0.25) is 0 Å². The summed E-state index contributed by atoms with van der Waals surface area (Å²) in [6, 6.07) is 8.80. The molecule has 2 aliphatic heterocycles. The van der Waals surface area contributed by atoms with E-state index in [4.69, 9.17) is 14.7 Å². The minimum atomic E-state index is 0.346. The lowest BCUT2D eigenvalue weighted by Crippen LogP contribution is -2.45. The van der Waals surface area contributed by atoms with Gasteiger partial charge in [0.2, 0.25) is 0 Å². The van der Waals surface area contributed by atoms with Gasteiger partial charge in [0.1, 0.15) is 5.82 Å². The van der Waals surface area contributed by atoms with Crippen LogP contribution in [0, 0.1) is 6.92 Å². The van der Waals surface area contributed by atoms with Crippen LogP contribution in [-0.4, -0.2) is 42.3 Å². The molecule has 5 heteroatoms. The first-order valence-corrected chi connectivity index (χ1v) is 8.74. The number of hydrogen-bond acceptors (Lipinski definition) is 5. The summed E-state index contributed by atoms with van der Waals surface area (Å²) < 4.78 is 5.61. The Kier molecular flexibility index (Phi) is 4.21. The van der Waals surface area contributed by atoms with Crippen LogP contribution in [0.15, 0.2) is 24.3 Å². The average Bonchev–Trinajstić information content (AvgIpc) is 2.62. The number of nitrogens with one attached hydrogen (secondary N) is 1. The standard InChI is InChI=1S/C19H24N4O/c1-13-3-5-15(6-4-13)18-21-17-11-20-8-7-16(17)19(22-18)23-9-10-24-12-14(23)2/h3-6,14,20H,7-12H2,1-2H3. The van der Waals surface area contributed by atoms with Gasteiger partial charge in [-0.25, -0.2) is 9.97 Å². The highest BCUT2D eigenvalue weighted by Gasteiger charge is 2.26. The zero-order valence-corrected chi connectivity index (χ0v) is 14.4. The largest absolute Gasteiger partial charge is 0.377 e. The molecule has 0 spiro atoms. The van der Waals surface area contributed by atoms with Crippen LogP contribution in [0.25, 0.3) is 11.4 Å². The molecule has 1 atom stereocenters. The van der Waals surface area contributed by atoms with Gasteiger partial charge < -0.3 is 15.0 Å². The molecule has 0 radical (unpaired) electrons. The molecule has 1 saturated heterocycles. The second-order valence-electron chi connectivity index (χ2n) is 6.71. The molecule has 1 fully saturated rings. The van der Waals surface area contributed by atoms with E-state index >= 15 is 0 Å². The first-order chi connectivity index (χ1) is 11.7. The van der Waals surface area contributed by atoms with Crippen LogP contribution in [0.1, 0.15) is 23.7 Å². The van der Waals surface area contributed by atoms with Crippen LogP contribution < -0.4 is 10.2 Å². The number of ether oxygens (including phenoxy) is 1. The molecule has 0 aliphatic carbocycles. The first-order valence-electron chi connectivity index (χ1n) is 8.74. The summed E-state index contributed by atoms with van der Waals surface area (Å²) >= 11 is 0. The maximum atomic E-state index is 5.61. The van der Waals surface area contributed by atoms with E-state index in [1.54, 1.807) is 0 Å². The molecular weight excluding hydrogens is 300 g/mol. The third kappa shape index (κ3) is 2.89. The number of benzene rings is 1. The third-order valence-electron chi connectivity index (χ3n) is 4.86. The van der Waals surface area contributed by atoms with Gasteiger partial charge in [0.25, 0.3) is 0 Å². The van der Waals surface area contributed by atoms with E-state index in [9.17, 15) is 0 Å². The fourth-order valence-corrected chi connectivity index (χ4v) is 3.45. The van der Waals surface area contributed by atoms with Crippen LogP contribution in [-0.2, 0) is 17.7 Å². The normalized spacial score (nSPS) is 20.8. The molecule has 1 unspecified atom stereocenters. The number of nitrogens with zero attached hydrogens (tertiary/aromatic N) is 3. The fourth-order valence-electron chi connectivity index (χ4n) is 3.45. The Balaban J connectivity index is 1.81. The van der Waals surface area contributed by atoms with Gasteiger partial charge in [-0.05, 0) is 26.8 Å². The summed E-state index contributed by atoms with van der Waals surface area (Å²) in [4.78, 5) is 12.2. The maximum Gasteiger partial charge on any atom is 0.161 e. The molecule has 3 heterocycles. The van der Waals surface area contributed by atoms with E-state index in [-0.39, 0.29) is 0 Å². The molecule has 1 aromatic heterocycles. The highest BCUT2D eigenvalue weighted by molar-refractivity contribution is 5.61. The highest BCUT2D eigenvalue weighted by atomic mass is 16.5. The first kappa shape index (κ1) is 15.5. The van der Waals surface area contributed by atoms with Crippen molar-refractivity contribution in [1.82, 2.24) is 15.3 Å². The SMILES string of the molecule is Cc1ccc(-c2nc3c(c(N4CCOCC4C)n2)CCNC3)cc1. The summed E-state index contributed by atoms with van der Waals surface area (Å²) in [5.41, 5.74) is 4.77. The molecule has 1 N–H and O–H groups in total. The van der Waals surface area contributed by atoms with Gasteiger partial charge in [0, 0.05) is 24.2 Å². The number of hydrogen-bond donors (Lipinski definition) is 1. The third-order valence-corrected chi connectivity index (χ3v) is 4.86. The van der Waals surface area contributed by atoms with E-state index in [1.165, 1.54) is 11.1 Å². The minimum absolute atomic E-state index is 0.346. The van der Waals surface area contributed by atoms with E-state index in [2.05, 4.69) is 48.3 Å². The molecule has 0 saturated carbocycles. The van der Waals surface area contributed by atoms with Crippen molar-refractivity contribution in [2.75, 3.05) is 31.2 Å². The van der Waals surface area contributed by atoms with E-state index in [0.717, 1.165) is 62.2 Å². The van der Waals surface area contributed by atoms with Crippen molar-refractivity contribution in [2.24, 2.45) is 0 Å². The van der Waals surface area contributed by atoms with Crippen molar-refractivity contribution >= 4 is 5.82 Å². The van der Waals surface area contributed by atoms with E-state index in [0.29, 0.717) is 6.04 Å². The minimum Gasteiger partial charge on any atom is -0.377 e. The molecule has 24 heavy (non-hydrogen) atoms. The summed E-state index contributed by atoms with van der Waals surface area (Å²) in [7, 11) is 0. The Hall–Kier alpha value is -1.98. The summed E-state index contributed by atoms with van der Waals surface area (Å²) in [5, 5.41) is 3.44. The second kappa shape index (κ2) is 6.49. The van der Waals surface area contributed by atoms with Gasteiger partial charge >= 0.3 is 0 Å². The lowest BCUT2D eigenvalue weighted by Gasteiger charge is -2.36. The fraction of sp³-hybridized carbons (Fsp3) is 0.474. The molecule has 4 rings (SSSR count). The molecule has 1 aromatic carbocycles. The van der Waals surface area contributed by atoms with Gasteiger partial charge in [-0.15, -0.1) is 0 Å². The molecular formula is C19H24N4O. The number of anilines is 1. The highest BCUT2D eigenvalue weighted by Crippen LogP contribution is 2.29. The van der Waals surface area contributed by atoms with Crippen molar-refractivity contribution in [3.05, 3.63) is 41.1 Å². The summed E-state index contributed by atoms with van der Waals surface area (Å²) in [6.45, 7) is 8.54.